The predicted molar refractivity (Wildman–Crippen MR) is 65.6 cm³/mol. The average Bonchev–Trinajstić information content (AvgIpc) is 2.68. The number of rotatable bonds is 3. The molecule has 2 rings (SSSR count). The smallest absolute Gasteiger partial charge is 0.354 e. The molecule has 1 N–H and O–H groups in total. The van der Waals surface area contributed by atoms with E-state index in [1.807, 2.05) is 39.0 Å². The normalized spacial score (nSPS) is 12.9. The maximum Gasteiger partial charge on any atom is 0.354 e. The van der Waals surface area contributed by atoms with Crippen molar-refractivity contribution in [2.24, 2.45) is 0 Å². The van der Waals surface area contributed by atoms with Crippen LogP contribution in [0.4, 0.5) is 0 Å². The standard InChI is InChI=1S/C13H16N2O2/c1-4-8(2)11-12(13(16)17)15-9(3)6-5-7-10(15)14-11/h5-8H,4H2,1-3H3,(H,16,17). The molecule has 0 radical (unpaired) electrons. The summed E-state index contributed by atoms with van der Waals surface area (Å²) in [5, 5.41) is 9.36. The summed E-state index contributed by atoms with van der Waals surface area (Å²) in [6.45, 7) is 5.93. The van der Waals surface area contributed by atoms with Gasteiger partial charge in [-0.2, -0.15) is 0 Å². The SMILES string of the molecule is CCC(C)c1nc2cccc(C)n2c1C(=O)O. The van der Waals surface area contributed by atoms with Crippen LogP contribution < -0.4 is 0 Å². The van der Waals surface area contributed by atoms with E-state index in [1.165, 1.54) is 0 Å². The van der Waals surface area contributed by atoms with Crippen LogP contribution in [0.1, 0.15) is 48.1 Å². The second-order valence-electron chi connectivity index (χ2n) is 4.32. The minimum Gasteiger partial charge on any atom is -0.477 e. The highest BCUT2D eigenvalue weighted by Crippen LogP contribution is 2.24. The molecule has 0 spiro atoms. The fourth-order valence-electron chi connectivity index (χ4n) is 2.01. The quantitative estimate of drug-likeness (QED) is 0.885. The number of aromatic carboxylic acids is 1. The van der Waals surface area contributed by atoms with Gasteiger partial charge in [-0.15, -0.1) is 0 Å². The maximum absolute atomic E-state index is 11.4. The van der Waals surface area contributed by atoms with Gasteiger partial charge >= 0.3 is 5.97 Å². The fourth-order valence-corrected chi connectivity index (χ4v) is 2.01. The van der Waals surface area contributed by atoms with E-state index in [2.05, 4.69) is 4.98 Å². The Balaban J connectivity index is 2.81. The molecule has 2 heterocycles. The summed E-state index contributed by atoms with van der Waals surface area (Å²) < 4.78 is 1.71. The number of fused-ring (bicyclic) bond motifs is 1. The molecule has 2 aromatic heterocycles. The lowest BCUT2D eigenvalue weighted by Gasteiger charge is -2.07. The maximum atomic E-state index is 11.4. The molecule has 0 saturated heterocycles. The summed E-state index contributed by atoms with van der Waals surface area (Å²) in [7, 11) is 0. The Kier molecular flexibility index (Phi) is 2.88. The number of hydrogen-bond acceptors (Lipinski definition) is 2. The summed E-state index contributed by atoms with van der Waals surface area (Å²) in [4.78, 5) is 15.9. The monoisotopic (exact) mass is 232 g/mol. The Morgan fingerprint density at radius 3 is 2.82 bits per heavy atom. The van der Waals surface area contributed by atoms with Crippen LogP contribution in [-0.4, -0.2) is 20.5 Å². The van der Waals surface area contributed by atoms with Gasteiger partial charge in [0.15, 0.2) is 5.69 Å². The number of nitrogens with zero attached hydrogens (tertiary/aromatic N) is 2. The van der Waals surface area contributed by atoms with E-state index in [4.69, 9.17) is 0 Å². The topological polar surface area (TPSA) is 54.6 Å². The zero-order chi connectivity index (χ0) is 12.6. The van der Waals surface area contributed by atoms with Crippen molar-refractivity contribution in [2.75, 3.05) is 0 Å². The van der Waals surface area contributed by atoms with Crippen molar-refractivity contribution in [3.05, 3.63) is 35.3 Å². The van der Waals surface area contributed by atoms with Gasteiger partial charge < -0.3 is 5.11 Å². The molecule has 0 amide bonds. The lowest BCUT2D eigenvalue weighted by molar-refractivity contribution is 0.0687. The highest BCUT2D eigenvalue weighted by Gasteiger charge is 2.22. The second kappa shape index (κ2) is 4.20. The number of aromatic nitrogens is 2. The van der Waals surface area contributed by atoms with Gasteiger partial charge in [0.05, 0.1) is 5.69 Å². The third kappa shape index (κ3) is 1.79. The van der Waals surface area contributed by atoms with Crippen LogP contribution in [0, 0.1) is 6.92 Å². The van der Waals surface area contributed by atoms with Gasteiger partial charge in [0.25, 0.3) is 0 Å². The Labute approximate surface area is 99.9 Å². The van der Waals surface area contributed by atoms with E-state index < -0.39 is 5.97 Å². The molecule has 0 aliphatic rings. The van der Waals surface area contributed by atoms with Gasteiger partial charge in [0.2, 0.25) is 0 Å². The molecule has 90 valence electrons. The van der Waals surface area contributed by atoms with E-state index in [9.17, 15) is 9.90 Å². The Morgan fingerprint density at radius 2 is 2.24 bits per heavy atom. The van der Waals surface area contributed by atoms with Gasteiger partial charge in [-0.25, -0.2) is 9.78 Å². The van der Waals surface area contributed by atoms with Crippen molar-refractivity contribution in [1.82, 2.24) is 9.38 Å². The molecule has 1 unspecified atom stereocenters. The van der Waals surface area contributed by atoms with E-state index >= 15 is 0 Å². The van der Waals surface area contributed by atoms with Gasteiger partial charge in [-0.05, 0) is 25.5 Å². The first-order chi connectivity index (χ1) is 8.06. The molecule has 0 saturated carbocycles. The second-order valence-corrected chi connectivity index (χ2v) is 4.32. The molecule has 0 bridgehead atoms. The molecule has 0 aliphatic heterocycles. The van der Waals surface area contributed by atoms with Crippen LogP contribution in [0.2, 0.25) is 0 Å². The van der Waals surface area contributed by atoms with Gasteiger partial charge in [-0.1, -0.05) is 19.9 Å². The summed E-state index contributed by atoms with van der Waals surface area (Å²) >= 11 is 0. The van der Waals surface area contributed by atoms with Crippen molar-refractivity contribution in [2.45, 2.75) is 33.1 Å². The lowest BCUT2D eigenvalue weighted by Crippen LogP contribution is -2.08. The van der Waals surface area contributed by atoms with Crippen LogP contribution in [0.3, 0.4) is 0 Å². The van der Waals surface area contributed by atoms with E-state index in [1.54, 1.807) is 4.40 Å². The number of imidazole rings is 1. The predicted octanol–water partition coefficient (Wildman–Crippen LogP) is 2.85. The average molecular weight is 232 g/mol. The van der Waals surface area contributed by atoms with E-state index in [-0.39, 0.29) is 5.92 Å². The number of carboxylic acids is 1. The Bertz CT molecular complexity index is 572. The minimum atomic E-state index is -0.915. The molecular formula is C13H16N2O2. The molecule has 17 heavy (non-hydrogen) atoms. The molecule has 4 heteroatoms. The Morgan fingerprint density at radius 1 is 1.53 bits per heavy atom. The molecule has 0 fully saturated rings. The number of pyridine rings is 1. The largest absolute Gasteiger partial charge is 0.477 e. The number of hydrogen-bond donors (Lipinski definition) is 1. The molecule has 1 atom stereocenters. The summed E-state index contributed by atoms with van der Waals surface area (Å²) in [6.07, 6.45) is 0.878. The van der Waals surface area contributed by atoms with Crippen LogP contribution in [-0.2, 0) is 0 Å². The first-order valence-electron chi connectivity index (χ1n) is 5.77. The van der Waals surface area contributed by atoms with Crippen LogP contribution >= 0.6 is 0 Å². The number of aryl methyl sites for hydroxylation is 1. The van der Waals surface area contributed by atoms with E-state index in [0.29, 0.717) is 17.0 Å². The van der Waals surface area contributed by atoms with Crippen LogP contribution in [0.5, 0.6) is 0 Å². The van der Waals surface area contributed by atoms with Crippen molar-refractivity contribution >= 4 is 11.6 Å². The first kappa shape index (κ1) is 11.6. The number of carbonyl (C=O) groups is 1. The van der Waals surface area contributed by atoms with E-state index in [0.717, 1.165) is 12.1 Å². The Hall–Kier alpha value is -1.84. The first-order valence-corrected chi connectivity index (χ1v) is 5.77. The summed E-state index contributed by atoms with van der Waals surface area (Å²) in [5.74, 6) is -0.762. The zero-order valence-corrected chi connectivity index (χ0v) is 10.3. The lowest BCUT2D eigenvalue weighted by atomic mass is 10.0. The third-order valence-corrected chi connectivity index (χ3v) is 3.15. The fraction of sp³-hybridized carbons (Fsp3) is 0.385. The van der Waals surface area contributed by atoms with Gasteiger partial charge in [0, 0.05) is 11.6 Å². The van der Waals surface area contributed by atoms with Crippen molar-refractivity contribution in [3.8, 4) is 0 Å². The van der Waals surface area contributed by atoms with Crippen molar-refractivity contribution in [3.63, 3.8) is 0 Å². The molecule has 2 aromatic rings. The van der Waals surface area contributed by atoms with Crippen LogP contribution in [0.15, 0.2) is 18.2 Å². The summed E-state index contributed by atoms with van der Waals surface area (Å²) in [5.41, 5.74) is 2.57. The molecule has 0 aliphatic carbocycles. The third-order valence-electron chi connectivity index (χ3n) is 3.15. The van der Waals surface area contributed by atoms with Crippen molar-refractivity contribution in [1.29, 1.82) is 0 Å². The molecule has 0 aromatic carbocycles. The van der Waals surface area contributed by atoms with Gasteiger partial charge in [0.1, 0.15) is 5.65 Å². The van der Waals surface area contributed by atoms with Gasteiger partial charge in [-0.3, -0.25) is 4.40 Å². The minimum absolute atomic E-state index is 0.153. The highest BCUT2D eigenvalue weighted by molar-refractivity contribution is 5.88. The molecular weight excluding hydrogens is 216 g/mol. The zero-order valence-electron chi connectivity index (χ0n) is 10.3. The molecule has 4 nitrogen and oxygen atoms in total. The van der Waals surface area contributed by atoms with Crippen molar-refractivity contribution < 1.29 is 9.90 Å². The number of carboxylic acid groups (broad SMARTS) is 1. The van der Waals surface area contributed by atoms with Crippen LogP contribution in [0.25, 0.3) is 5.65 Å². The highest BCUT2D eigenvalue weighted by atomic mass is 16.4. The summed E-state index contributed by atoms with van der Waals surface area (Å²) in [6, 6.07) is 5.62.